The van der Waals surface area contributed by atoms with E-state index in [4.69, 9.17) is 17.3 Å². The minimum absolute atomic E-state index is 0.0906. The number of primary amides is 1. The first kappa shape index (κ1) is 22.6. The van der Waals surface area contributed by atoms with E-state index in [9.17, 15) is 13.2 Å². The average molecular weight is 450 g/mol. The predicted octanol–water partition coefficient (Wildman–Crippen LogP) is 3.71. The Morgan fingerprint density at radius 3 is 2.30 bits per heavy atom. The average Bonchev–Trinajstić information content (AvgIpc) is 2.71. The van der Waals surface area contributed by atoms with Crippen molar-refractivity contribution in [2.24, 2.45) is 5.73 Å². The van der Waals surface area contributed by atoms with Crippen LogP contribution in [-0.2, 0) is 21.4 Å². The van der Waals surface area contributed by atoms with Gasteiger partial charge in [-0.05, 0) is 55.3 Å². The number of likely N-dealkylation sites (tertiary alicyclic amines) is 1. The van der Waals surface area contributed by atoms with Gasteiger partial charge < -0.3 is 5.73 Å². The highest BCUT2D eigenvalue weighted by atomic mass is 35.5. The smallest absolute Gasteiger partial charge is 0.232 e. The highest BCUT2D eigenvalue weighted by Crippen LogP contribution is 2.30. The number of carbonyl (C=O) groups is 1. The number of halogens is 1. The van der Waals surface area contributed by atoms with Gasteiger partial charge in [-0.15, -0.1) is 0 Å². The lowest BCUT2D eigenvalue weighted by Gasteiger charge is -2.34. The summed E-state index contributed by atoms with van der Waals surface area (Å²) in [6, 6.07) is 14.5. The first-order valence-electron chi connectivity index (χ1n) is 10.1. The Kier molecular flexibility index (Phi) is 7.39. The fourth-order valence-electron chi connectivity index (χ4n) is 3.92. The molecule has 0 aromatic heterocycles. The highest BCUT2D eigenvalue weighted by molar-refractivity contribution is 7.92. The van der Waals surface area contributed by atoms with Crippen molar-refractivity contribution in [1.82, 2.24) is 4.90 Å². The molecule has 0 saturated carbocycles. The normalized spacial score (nSPS) is 16.2. The molecular weight excluding hydrogens is 422 g/mol. The zero-order valence-electron chi connectivity index (χ0n) is 17.1. The molecule has 0 spiro atoms. The van der Waals surface area contributed by atoms with Gasteiger partial charge in [0.15, 0.2) is 0 Å². The van der Waals surface area contributed by atoms with E-state index in [1.807, 2.05) is 30.3 Å². The number of anilines is 1. The summed E-state index contributed by atoms with van der Waals surface area (Å²) in [6.45, 7) is 2.01. The van der Waals surface area contributed by atoms with Crippen molar-refractivity contribution >= 4 is 33.2 Å². The van der Waals surface area contributed by atoms with Crippen LogP contribution in [0.15, 0.2) is 48.5 Å². The van der Waals surface area contributed by atoms with Crippen molar-refractivity contribution < 1.29 is 13.2 Å². The van der Waals surface area contributed by atoms with Gasteiger partial charge in [-0.3, -0.25) is 14.0 Å². The van der Waals surface area contributed by atoms with Gasteiger partial charge in [-0.2, -0.15) is 0 Å². The molecule has 1 unspecified atom stereocenters. The Balaban J connectivity index is 1.88. The van der Waals surface area contributed by atoms with Crippen LogP contribution in [0.2, 0.25) is 5.02 Å². The van der Waals surface area contributed by atoms with E-state index in [1.165, 1.54) is 17.0 Å². The van der Waals surface area contributed by atoms with Gasteiger partial charge in [-0.1, -0.05) is 48.4 Å². The maximum absolute atomic E-state index is 12.5. The second kappa shape index (κ2) is 9.81. The van der Waals surface area contributed by atoms with Gasteiger partial charge in [0, 0.05) is 17.5 Å². The first-order chi connectivity index (χ1) is 14.3. The molecule has 1 aliphatic rings. The third-order valence-electron chi connectivity index (χ3n) is 5.46. The summed E-state index contributed by atoms with van der Waals surface area (Å²) in [7, 11) is -3.52. The van der Waals surface area contributed by atoms with Crippen molar-refractivity contribution in [3.05, 3.63) is 64.7 Å². The molecule has 0 bridgehead atoms. The summed E-state index contributed by atoms with van der Waals surface area (Å²) in [5.74, 6) is -0.342. The molecule has 1 saturated heterocycles. The Bertz CT molecular complexity index is 973. The van der Waals surface area contributed by atoms with Gasteiger partial charge in [0.05, 0.1) is 18.5 Å². The van der Waals surface area contributed by atoms with Gasteiger partial charge in [0.25, 0.3) is 0 Å². The Morgan fingerprint density at radius 2 is 1.73 bits per heavy atom. The summed E-state index contributed by atoms with van der Waals surface area (Å²) < 4.78 is 26.3. The van der Waals surface area contributed by atoms with Crippen molar-refractivity contribution in [3.8, 4) is 0 Å². The van der Waals surface area contributed by atoms with Crippen LogP contribution >= 0.6 is 11.6 Å². The first-order valence-corrected chi connectivity index (χ1v) is 12.3. The predicted molar refractivity (Wildman–Crippen MR) is 121 cm³/mol. The minimum atomic E-state index is -3.52. The fraction of sp³-hybridized carbons (Fsp3) is 0.409. The largest absolute Gasteiger partial charge is 0.370 e. The van der Waals surface area contributed by atoms with Crippen molar-refractivity contribution in [3.63, 3.8) is 0 Å². The minimum Gasteiger partial charge on any atom is -0.370 e. The SMILES string of the molecule is CS(=O)(=O)N(Cc1ccccc1Cl)c1ccc(C(CC(N)=O)N2CCCCC2)cc1. The Hall–Kier alpha value is -2.09. The molecule has 2 aromatic carbocycles. The molecule has 2 N–H and O–H groups in total. The maximum Gasteiger partial charge on any atom is 0.232 e. The number of piperidine rings is 1. The van der Waals surface area contributed by atoms with Gasteiger partial charge >= 0.3 is 0 Å². The highest BCUT2D eigenvalue weighted by Gasteiger charge is 2.25. The molecule has 0 radical (unpaired) electrons. The van der Waals surface area contributed by atoms with E-state index >= 15 is 0 Å². The van der Waals surface area contributed by atoms with Crippen molar-refractivity contribution in [1.29, 1.82) is 0 Å². The fourth-order valence-corrected chi connectivity index (χ4v) is 5.00. The lowest BCUT2D eigenvalue weighted by Crippen LogP contribution is -2.36. The third kappa shape index (κ3) is 5.74. The van der Waals surface area contributed by atoms with Gasteiger partial charge in [0.2, 0.25) is 15.9 Å². The van der Waals surface area contributed by atoms with Gasteiger partial charge in [-0.25, -0.2) is 8.42 Å². The number of hydrogen-bond acceptors (Lipinski definition) is 4. The van der Waals surface area contributed by atoms with Crippen LogP contribution in [0.4, 0.5) is 5.69 Å². The molecule has 3 rings (SSSR count). The van der Waals surface area contributed by atoms with Crippen LogP contribution in [0, 0.1) is 0 Å². The quantitative estimate of drug-likeness (QED) is 0.665. The molecular formula is C22H28ClN3O3S. The lowest BCUT2D eigenvalue weighted by molar-refractivity contribution is -0.119. The molecule has 6 nitrogen and oxygen atoms in total. The number of nitrogens with two attached hydrogens (primary N) is 1. The molecule has 2 aromatic rings. The van der Waals surface area contributed by atoms with Crippen LogP contribution in [0.1, 0.15) is 42.9 Å². The summed E-state index contributed by atoms with van der Waals surface area (Å²) in [5.41, 5.74) is 7.75. The van der Waals surface area contributed by atoms with Gasteiger partial charge in [0.1, 0.15) is 0 Å². The summed E-state index contributed by atoms with van der Waals surface area (Å²) in [6.07, 6.45) is 4.83. The molecule has 30 heavy (non-hydrogen) atoms. The van der Waals surface area contributed by atoms with Crippen LogP contribution in [0.5, 0.6) is 0 Å². The zero-order chi connectivity index (χ0) is 21.7. The molecule has 162 valence electrons. The molecule has 1 heterocycles. The Morgan fingerprint density at radius 1 is 1.10 bits per heavy atom. The third-order valence-corrected chi connectivity index (χ3v) is 6.97. The van der Waals surface area contributed by atoms with Crippen LogP contribution < -0.4 is 10.0 Å². The van der Waals surface area contributed by atoms with Crippen molar-refractivity contribution in [2.75, 3.05) is 23.7 Å². The van der Waals surface area contributed by atoms with Crippen LogP contribution in [-0.4, -0.2) is 38.6 Å². The topological polar surface area (TPSA) is 83.7 Å². The Labute approximate surface area is 183 Å². The zero-order valence-corrected chi connectivity index (χ0v) is 18.7. The molecule has 1 fully saturated rings. The molecule has 1 atom stereocenters. The van der Waals surface area contributed by atoms with E-state index < -0.39 is 10.0 Å². The monoisotopic (exact) mass is 449 g/mol. The van der Waals surface area contributed by atoms with Crippen molar-refractivity contribution in [2.45, 2.75) is 38.3 Å². The number of benzene rings is 2. The second-order valence-corrected chi connectivity index (χ2v) is 10.0. The number of sulfonamides is 1. The van der Waals surface area contributed by atoms with E-state index in [1.54, 1.807) is 18.2 Å². The molecule has 0 aliphatic carbocycles. The molecule has 8 heteroatoms. The van der Waals surface area contributed by atoms with E-state index in [0.717, 1.165) is 37.1 Å². The molecule has 1 amide bonds. The standard InChI is InChI=1S/C22H28ClN3O3S/c1-30(28,29)26(16-18-7-3-4-8-20(18)23)19-11-9-17(10-12-19)21(15-22(24)27)25-13-5-2-6-14-25/h3-4,7-12,21H,2,5-6,13-16H2,1H3,(H2,24,27). The van der Waals surface area contributed by atoms with E-state index in [2.05, 4.69) is 4.90 Å². The van der Waals surface area contributed by atoms with Crippen LogP contribution in [0.3, 0.4) is 0 Å². The number of amides is 1. The summed E-state index contributed by atoms with van der Waals surface area (Å²) in [5, 5.41) is 0.523. The lowest BCUT2D eigenvalue weighted by atomic mass is 9.98. The number of rotatable bonds is 8. The summed E-state index contributed by atoms with van der Waals surface area (Å²) in [4.78, 5) is 14.0. The van der Waals surface area contributed by atoms with E-state index in [0.29, 0.717) is 10.7 Å². The number of hydrogen-bond donors (Lipinski definition) is 1. The molecule has 1 aliphatic heterocycles. The van der Waals surface area contributed by atoms with E-state index in [-0.39, 0.29) is 24.9 Å². The number of nitrogens with zero attached hydrogens (tertiary/aromatic N) is 2. The maximum atomic E-state index is 12.5. The second-order valence-electron chi connectivity index (χ2n) is 7.74. The summed E-state index contributed by atoms with van der Waals surface area (Å²) >= 11 is 6.24. The van der Waals surface area contributed by atoms with Crippen LogP contribution in [0.25, 0.3) is 0 Å². The number of carbonyl (C=O) groups excluding carboxylic acids is 1.